The van der Waals surface area contributed by atoms with Gasteiger partial charge in [0.25, 0.3) is 0 Å². The van der Waals surface area contributed by atoms with E-state index in [0.717, 1.165) is 6.20 Å². The smallest absolute Gasteiger partial charge is 0.227 e. The molecule has 76 valence electrons. The Kier molecular flexibility index (Phi) is 2.79. The van der Waals surface area contributed by atoms with Crippen LogP contribution in [0.5, 0.6) is 0 Å². The Morgan fingerprint density at radius 2 is 2.14 bits per heavy atom. The van der Waals surface area contributed by atoms with Gasteiger partial charge in [-0.15, -0.1) is 0 Å². The molecular formula is C8H9ClFN3O. The molecule has 1 aromatic heterocycles. The molecule has 1 saturated heterocycles. The van der Waals surface area contributed by atoms with Crippen LogP contribution in [0.15, 0.2) is 6.20 Å². The summed E-state index contributed by atoms with van der Waals surface area (Å²) >= 11 is 5.55. The summed E-state index contributed by atoms with van der Waals surface area (Å²) in [5, 5.41) is -0.138. The summed E-state index contributed by atoms with van der Waals surface area (Å²) in [4.78, 5) is 9.62. The predicted octanol–water partition coefficient (Wildman–Crippen LogP) is 1.11. The number of nitrogens with zero attached hydrogens (tertiary/aromatic N) is 3. The molecule has 0 aromatic carbocycles. The highest BCUT2D eigenvalue weighted by Gasteiger charge is 2.14. The van der Waals surface area contributed by atoms with Gasteiger partial charge in [0.2, 0.25) is 5.95 Å². The van der Waals surface area contributed by atoms with Crippen LogP contribution >= 0.6 is 11.6 Å². The molecule has 0 unspecified atom stereocenters. The quantitative estimate of drug-likeness (QED) is 0.661. The fourth-order valence-electron chi connectivity index (χ4n) is 1.25. The Balaban J connectivity index is 2.18. The monoisotopic (exact) mass is 217 g/mol. The zero-order valence-electron chi connectivity index (χ0n) is 7.41. The van der Waals surface area contributed by atoms with Gasteiger partial charge in [-0.05, 0) is 0 Å². The molecule has 0 N–H and O–H groups in total. The second kappa shape index (κ2) is 4.06. The standard InChI is InChI=1S/C8H9ClFN3O/c9-7-6(10)5-11-8(12-7)13-1-3-14-4-2-13/h5H,1-4H2. The molecular weight excluding hydrogens is 209 g/mol. The molecule has 0 amide bonds. The molecule has 0 aliphatic carbocycles. The van der Waals surface area contributed by atoms with Gasteiger partial charge in [0.15, 0.2) is 11.0 Å². The molecule has 6 heteroatoms. The van der Waals surface area contributed by atoms with Crippen LogP contribution in [0.4, 0.5) is 10.3 Å². The van der Waals surface area contributed by atoms with Crippen LogP contribution in [0.1, 0.15) is 0 Å². The number of ether oxygens (including phenoxy) is 1. The van der Waals surface area contributed by atoms with E-state index >= 15 is 0 Å². The van der Waals surface area contributed by atoms with Crippen molar-refractivity contribution in [2.24, 2.45) is 0 Å². The second-order valence-electron chi connectivity index (χ2n) is 2.91. The van der Waals surface area contributed by atoms with Crippen LogP contribution in [0.2, 0.25) is 5.15 Å². The molecule has 4 nitrogen and oxygen atoms in total. The molecule has 0 saturated carbocycles. The first-order valence-corrected chi connectivity index (χ1v) is 4.66. The molecule has 1 fully saturated rings. The lowest BCUT2D eigenvalue weighted by molar-refractivity contribution is 0.122. The lowest BCUT2D eigenvalue weighted by Gasteiger charge is -2.26. The van der Waals surface area contributed by atoms with E-state index in [0.29, 0.717) is 32.3 Å². The Morgan fingerprint density at radius 1 is 1.43 bits per heavy atom. The lowest BCUT2D eigenvalue weighted by Crippen LogP contribution is -2.37. The minimum atomic E-state index is -0.594. The molecule has 1 aromatic rings. The molecule has 2 rings (SSSR count). The minimum absolute atomic E-state index is 0.138. The van der Waals surface area contributed by atoms with Crippen molar-refractivity contribution in [1.82, 2.24) is 9.97 Å². The van der Waals surface area contributed by atoms with Crippen LogP contribution in [0.25, 0.3) is 0 Å². The highest BCUT2D eigenvalue weighted by atomic mass is 35.5. The first-order valence-electron chi connectivity index (χ1n) is 4.28. The zero-order chi connectivity index (χ0) is 9.97. The lowest BCUT2D eigenvalue weighted by atomic mass is 10.4. The topological polar surface area (TPSA) is 38.2 Å². The van der Waals surface area contributed by atoms with Gasteiger partial charge in [0.1, 0.15) is 0 Å². The van der Waals surface area contributed by atoms with Crippen molar-refractivity contribution in [3.63, 3.8) is 0 Å². The van der Waals surface area contributed by atoms with E-state index in [1.165, 1.54) is 0 Å². The van der Waals surface area contributed by atoms with Crippen molar-refractivity contribution in [3.8, 4) is 0 Å². The number of halogens is 2. The Hall–Kier alpha value is -0.940. The van der Waals surface area contributed by atoms with E-state index in [-0.39, 0.29) is 5.15 Å². The average Bonchev–Trinajstić information content (AvgIpc) is 2.23. The molecule has 2 heterocycles. The van der Waals surface area contributed by atoms with E-state index < -0.39 is 5.82 Å². The highest BCUT2D eigenvalue weighted by molar-refractivity contribution is 6.29. The summed E-state index contributed by atoms with van der Waals surface area (Å²) in [6, 6.07) is 0. The molecule has 0 spiro atoms. The maximum atomic E-state index is 12.8. The van der Waals surface area contributed by atoms with Gasteiger partial charge in [0.05, 0.1) is 19.4 Å². The predicted molar refractivity (Wildman–Crippen MR) is 50.0 cm³/mol. The molecule has 0 bridgehead atoms. The van der Waals surface area contributed by atoms with Gasteiger partial charge in [0, 0.05) is 13.1 Å². The Bertz CT molecular complexity index is 330. The maximum absolute atomic E-state index is 12.8. The zero-order valence-corrected chi connectivity index (χ0v) is 8.17. The average molecular weight is 218 g/mol. The van der Waals surface area contributed by atoms with E-state index in [9.17, 15) is 4.39 Å². The number of aromatic nitrogens is 2. The fourth-order valence-corrected chi connectivity index (χ4v) is 1.38. The van der Waals surface area contributed by atoms with Crippen LogP contribution < -0.4 is 4.90 Å². The van der Waals surface area contributed by atoms with Crippen molar-refractivity contribution in [3.05, 3.63) is 17.2 Å². The van der Waals surface area contributed by atoms with E-state index in [4.69, 9.17) is 16.3 Å². The SMILES string of the molecule is Fc1cnc(N2CCOCC2)nc1Cl. The summed E-state index contributed by atoms with van der Waals surface area (Å²) in [6.45, 7) is 2.70. The van der Waals surface area contributed by atoms with Crippen LogP contribution in [0, 0.1) is 5.82 Å². The van der Waals surface area contributed by atoms with Crippen molar-refractivity contribution >= 4 is 17.5 Å². The van der Waals surface area contributed by atoms with Crippen molar-refractivity contribution in [1.29, 1.82) is 0 Å². The number of anilines is 1. The van der Waals surface area contributed by atoms with Gasteiger partial charge in [-0.1, -0.05) is 11.6 Å². The third-order valence-corrected chi connectivity index (χ3v) is 2.25. The van der Waals surface area contributed by atoms with Crippen molar-refractivity contribution < 1.29 is 9.13 Å². The Morgan fingerprint density at radius 3 is 2.79 bits per heavy atom. The third-order valence-electron chi connectivity index (χ3n) is 1.98. The first kappa shape index (κ1) is 9.61. The molecule has 14 heavy (non-hydrogen) atoms. The third kappa shape index (κ3) is 1.93. The minimum Gasteiger partial charge on any atom is -0.378 e. The number of morpholine rings is 1. The summed E-state index contributed by atoms with van der Waals surface area (Å²) in [7, 11) is 0. The van der Waals surface area contributed by atoms with Crippen LogP contribution in [-0.2, 0) is 4.74 Å². The van der Waals surface area contributed by atoms with E-state index in [2.05, 4.69) is 9.97 Å². The normalized spacial score (nSPS) is 17.1. The van der Waals surface area contributed by atoms with Crippen molar-refractivity contribution in [2.75, 3.05) is 31.2 Å². The number of rotatable bonds is 1. The summed E-state index contributed by atoms with van der Waals surface area (Å²) in [5.41, 5.74) is 0. The van der Waals surface area contributed by atoms with E-state index in [1.54, 1.807) is 0 Å². The molecule has 1 aliphatic rings. The van der Waals surface area contributed by atoms with Gasteiger partial charge < -0.3 is 9.64 Å². The molecule has 1 aliphatic heterocycles. The Labute approximate surface area is 85.7 Å². The van der Waals surface area contributed by atoms with Gasteiger partial charge in [-0.25, -0.2) is 9.37 Å². The fraction of sp³-hybridized carbons (Fsp3) is 0.500. The molecule has 0 radical (unpaired) electrons. The van der Waals surface area contributed by atoms with Gasteiger partial charge in [-0.2, -0.15) is 4.98 Å². The highest BCUT2D eigenvalue weighted by Crippen LogP contribution is 2.15. The molecule has 0 atom stereocenters. The van der Waals surface area contributed by atoms with Gasteiger partial charge in [-0.3, -0.25) is 0 Å². The van der Waals surface area contributed by atoms with Gasteiger partial charge >= 0.3 is 0 Å². The van der Waals surface area contributed by atoms with Crippen LogP contribution in [0.3, 0.4) is 0 Å². The first-order chi connectivity index (χ1) is 6.77. The summed E-state index contributed by atoms with van der Waals surface area (Å²) in [6.07, 6.45) is 1.08. The largest absolute Gasteiger partial charge is 0.378 e. The number of hydrogen-bond acceptors (Lipinski definition) is 4. The van der Waals surface area contributed by atoms with Crippen molar-refractivity contribution in [2.45, 2.75) is 0 Å². The number of hydrogen-bond donors (Lipinski definition) is 0. The van der Waals surface area contributed by atoms with Crippen LogP contribution in [-0.4, -0.2) is 36.3 Å². The summed E-state index contributed by atoms with van der Waals surface area (Å²) < 4.78 is 17.9. The second-order valence-corrected chi connectivity index (χ2v) is 3.27. The summed E-state index contributed by atoms with van der Waals surface area (Å²) in [5.74, 6) is -0.136. The maximum Gasteiger partial charge on any atom is 0.227 e. The van der Waals surface area contributed by atoms with E-state index in [1.807, 2.05) is 4.90 Å².